The van der Waals surface area contributed by atoms with Crippen LogP contribution in [0.5, 0.6) is 0 Å². The molecule has 0 aromatic heterocycles. The number of rotatable bonds is 6. The first kappa shape index (κ1) is 15.8. The topological polar surface area (TPSA) is 69.0 Å². The van der Waals surface area contributed by atoms with E-state index >= 15 is 0 Å². The van der Waals surface area contributed by atoms with E-state index in [2.05, 4.69) is 5.32 Å². The number of nitrogens with one attached hydrogen (secondary N) is 3. The van der Waals surface area contributed by atoms with Crippen LogP contribution in [0.15, 0.2) is 29.8 Å². The van der Waals surface area contributed by atoms with Crippen LogP contribution < -0.4 is 5.32 Å². The molecule has 108 valence electrons. The van der Waals surface area contributed by atoms with Gasteiger partial charge in [0, 0.05) is 36.2 Å². The van der Waals surface area contributed by atoms with Crippen LogP contribution >= 0.6 is 0 Å². The van der Waals surface area contributed by atoms with Crippen molar-refractivity contribution in [2.45, 2.75) is 20.0 Å². The van der Waals surface area contributed by atoms with Crippen LogP contribution in [0.25, 0.3) is 0 Å². The van der Waals surface area contributed by atoms with Gasteiger partial charge >= 0.3 is 0 Å². The first-order valence-electron chi connectivity index (χ1n) is 5.97. The number of anilines is 1. The monoisotopic (exact) mass is 281 g/mol. The van der Waals surface area contributed by atoms with Crippen LogP contribution in [0.2, 0.25) is 0 Å². The zero-order chi connectivity index (χ0) is 15.1. The molecular formula is C14H17F2N3O. The molecule has 4 nitrogen and oxygen atoms in total. The quantitative estimate of drug-likeness (QED) is 0.549. The van der Waals surface area contributed by atoms with Crippen molar-refractivity contribution in [3.63, 3.8) is 0 Å². The summed E-state index contributed by atoms with van der Waals surface area (Å²) < 4.78 is 31.1. The van der Waals surface area contributed by atoms with Gasteiger partial charge in [-0.3, -0.25) is 5.41 Å². The second kappa shape index (κ2) is 7.37. The Hall–Kier alpha value is -2.24. The molecule has 0 radical (unpaired) electrons. The van der Waals surface area contributed by atoms with Gasteiger partial charge in [0.15, 0.2) is 0 Å². The predicted molar refractivity (Wildman–Crippen MR) is 76.0 cm³/mol. The molecule has 1 aromatic carbocycles. The molecule has 6 heteroatoms. The highest BCUT2D eigenvalue weighted by Crippen LogP contribution is 2.28. The molecule has 0 saturated carbocycles. The zero-order valence-corrected chi connectivity index (χ0v) is 11.3. The van der Waals surface area contributed by atoms with Crippen molar-refractivity contribution in [2.75, 3.05) is 12.4 Å². The maximum absolute atomic E-state index is 13.0. The van der Waals surface area contributed by atoms with Crippen molar-refractivity contribution >= 4 is 17.8 Å². The molecule has 0 aliphatic carbocycles. The van der Waals surface area contributed by atoms with Gasteiger partial charge in [-0.2, -0.15) is 0 Å². The summed E-state index contributed by atoms with van der Waals surface area (Å²) in [5, 5.41) is 17.4. The normalized spacial score (nSPS) is 11.3. The minimum absolute atomic E-state index is 0.114. The predicted octanol–water partition coefficient (Wildman–Crippen LogP) is 3.76. The minimum Gasteiger partial charge on any atom is -0.473 e. The lowest BCUT2D eigenvalue weighted by atomic mass is 10.1. The Morgan fingerprint density at radius 2 is 2.15 bits per heavy atom. The van der Waals surface area contributed by atoms with E-state index in [1.54, 1.807) is 26.1 Å². The van der Waals surface area contributed by atoms with Crippen molar-refractivity contribution in [2.24, 2.45) is 0 Å². The third-order valence-electron chi connectivity index (χ3n) is 2.68. The van der Waals surface area contributed by atoms with Crippen molar-refractivity contribution in [3.05, 3.63) is 41.0 Å². The number of benzene rings is 1. The van der Waals surface area contributed by atoms with Crippen LogP contribution in [0.1, 0.15) is 24.5 Å². The molecule has 20 heavy (non-hydrogen) atoms. The summed E-state index contributed by atoms with van der Waals surface area (Å²) in [4.78, 5) is 0. The Bertz CT molecular complexity index is 527. The molecule has 0 bridgehead atoms. The average molecular weight is 281 g/mol. The summed E-state index contributed by atoms with van der Waals surface area (Å²) in [5.41, 5.74) is 1.31. The van der Waals surface area contributed by atoms with E-state index < -0.39 is 6.43 Å². The summed E-state index contributed by atoms with van der Waals surface area (Å²) >= 11 is 0. The fourth-order valence-electron chi connectivity index (χ4n) is 1.64. The van der Waals surface area contributed by atoms with Gasteiger partial charge in [0.05, 0.1) is 0 Å². The van der Waals surface area contributed by atoms with Gasteiger partial charge in [-0.1, -0.05) is 12.1 Å². The molecule has 0 unspecified atom stereocenters. The third-order valence-corrected chi connectivity index (χ3v) is 2.68. The van der Waals surface area contributed by atoms with Gasteiger partial charge in [-0.05, 0) is 18.6 Å². The van der Waals surface area contributed by atoms with Crippen LogP contribution in [0.4, 0.5) is 14.5 Å². The largest absolute Gasteiger partial charge is 0.473 e. The number of alkyl halides is 2. The summed E-state index contributed by atoms with van der Waals surface area (Å²) in [5.74, 6) is -0.169. The summed E-state index contributed by atoms with van der Waals surface area (Å²) in [6, 6.07) is 4.56. The highest BCUT2D eigenvalue weighted by Gasteiger charge is 2.16. The Morgan fingerprint density at radius 1 is 1.45 bits per heavy atom. The fraction of sp³-hybridized carbons (Fsp3) is 0.286. The van der Waals surface area contributed by atoms with E-state index in [1.165, 1.54) is 12.1 Å². The Morgan fingerprint density at radius 3 is 2.70 bits per heavy atom. The maximum Gasteiger partial charge on any atom is 0.264 e. The number of hydrogen-bond donors (Lipinski definition) is 3. The molecule has 3 N–H and O–H groups in total. The molecule has 0 atom stereocenters. The van der Waals surface area contributed by atoms with E-state index in [9.17, 15) is 8.78 Å². The van der Waals surface area contributed by atoms with Crippen molar-refractivity contribution in [3.8, 4) is 0 Å². The Kier molecular flexibility index (Phi) is 5.83. The minimum atomic E-state index is -2.60. The van der Waals surface area contributed by atoms with Crippen LogP contribution in [0.3, 0.4) is 0 Å². The molecule has 0 spiro atoms. The first-order valence-corrected chi connectivity index (χ1v) is 5.97. The lowest BCUT2D eigenvalue weighted by Gasteiger charge is -2.14. The molecule has 0 amide bonds. The molecular weight excluding hydrogens is 264 g/mol. The molecule has 1 aromatic rings. The molecule has 1 rings (SSSR count). The second-order valence-corrected chi connectivity index (χ2v) is 4.11. The molecule has 0 fully saturated rings. The van der Waals surface area contributed by atoms with E-state index in [0.717, 1.165) is 6.21 Å². The fourth-order valence-corrected chi connectivity index (χ4v) is 1.64. The van der Waals surface area contributed by atoms with Crippen molar-refractivity contribution in [1.29, 1.82) is 10.8 Å². The van der Waals surface area contributed by atoms with E-state index in [-0.39, 0.29) is 18.1 Å². The van der Waals surface area contributed by atoms with Crippen molar-refractivity contribution in [1.82, 2.24) is 0 Å². The number of hydrogen-bond acceptors (Lipinski definition) is 4. The lowest BCUT2D eigenvalue weighted by molar-refractivity contribution is 0.147. The van der Waals surface area contributed by atoms with Gasteiger partial charge in [0.25, 0.3) is 6.43 Å². The lowest BCUT2D eigenvalue weighted by Crippen LogP contribution is -2.07. The molecule has 0 saturated heterocycles. The van der Waals surface area contributed by atoms with E-state index in [4.69, 9.17) is 15.6 Å². The molecule has 0 heterocycles. The van der Waals surface area contributed by atoms with Gasteiger partial charge in [-0.15, -0.1) is 0 Å². The highest BCUT2D eigenvalue weighted by atomic mass is 19.3. The number of allylic oxidation sites excluding steroid dienone is 1. The van der Waals surface area contributed by atoms with E-state index in [1.807, 2.05) is 0 Å². The summed E-state index contributed by atoms with van der Waals surface area (Å²) in [6.07, 6.45) is -0.156. The highest BCUT2D eigenvalue weighted by molar-refractivity contribution is 5.91. The Labute approximate surface area is 116 Å². The van der Waals surface area contributed by atoms with Crippen molar-refractivity contribution < 1.29 is 13.5 Å². The zero-order valence-electron chi connectivity index (χ0n) is 11.3. The van der Waals surface area contributed by atoms with Gasteiger partial charge in [-0.25, -0.2) is 8.78 Å². The van der Waals surface area contributed by atoms with Crippen LogP contribution in [-0.2, 0) is 11.3 Å². The summed E-state index contributed by atoms with van der Waals surface area (Å²) in [7, 11) is 1.64. The Balaban J connectivity index is 2.91. The van der Waals surface area contributed by atoms with Gasteiger partial charge in [0.2, 0.25) is 5.90 Å². The smallest absolute Gasteiger partial charge is 0.264 e. The number of halogens is 2. The standard InChI is InChI=1S/C14H17F2N3O/c1-9(7-17)6-13(18)20-8-11-10(14(15)16)4-3-5-12(11)19-2/h3-7,14,17-19H,8H2,1-2H3/b9-6-,17-7?,18-13?. The van der Waals surface area contributed by atoms with Crippen LogP contribution in [0, 0.1) is 10.8 Å². The van der Waals surface area contributed by atoms with Gasteiger partial charge in [0.1, 0.15) is 6.61 Å². The van der Waals surface area contributed by atoms with E-state index in [0.29, 0.717) is 16.8 Å². The summed E-state index contributed by atoms with van der Waals surface area (Å²) in [6.45, 7) is 1.52. The number of ether oxygens (including phenoxy) is 1. The van der Waals surface area contributed by atoms with Gasteiger partial charge < -0.3 is 15.5 Å². The maximum atomic E-state index is 13.0. The molecule has 0 aliphatic heterocycles. The second-order valence-electron chi connectivity index (χ2n) is 4.11. The van der Waals surface area contributed by atoms with Crippen LogP contribution in [-0.4, -0.2) is 19.2 Å². The third kappa shape index (κ3) is 4.15. The SMILES string of the molecule is CNc1cccc(C(F)F)c1COC(=N)/C=C(/C)C=N. The first-order chi connectivity index (χ1) is 9.49. The average Bonchev–Trinajstić information content (AvgIpc) is 2.44. The molecule has 0 aliphatic rings.